The molecule has 192 valence electrons. The van der Waals surface area contributed by atoms with Gasteiger partial charge >= 0.3 is 0 Å². The zero-order valence-corrected chi connectivity index (χ0v) is 22.9. The van der Waals surface area contributed by atoms with Crippen LogP contribution in [-0.4, -0.2) is 65.5 Å². The predicted octanol–water partition coefficient (Wildman–Crippen LogP) is 6.02. The number of hydrogen-bond donors (Lipinski definition) is 2. The number of aromatic nitrogens is 1. The summed E-state index contributed by atoms with van der Waals surface area (Å²) in [4.78, 5) is 19.6. The summed E-state index contributed by atoms with van der Waals surface area (Å²) in [6.07, 6.45) is 5.27. The molecule has 0 bridgehead atoms. The lowest BCUT2D eigenvalue weighted by Gasteiger charge is -2.35. The van der Waals surface area contributed by atoms with Crippen molar-refractivity contribution in [2.75, 3.05) is 33.7 Å². The first-order valence-corrected chi connectivity index (χ1v) is 13.0. The van der Waals surface area contributed by atoms with Crippen LogP contribution in [0.5, 0.6) is 0 Å². The molecule has 0 radical (unpaired) electrons. The lowest BCUT2D eigenvalue weighted by molar-refractivity contribution is -0.104. The fourth-order valence-corrected chi connectivity index (χ4v) is 5.52. The number of H-pyrrole nitrogens is 1. The Morgan fingerprint density at radius 1 is 1.11 bits per heavy atom. The highest BCUT2D eigenvalue weighted by molar-refractivity contribution is 6.09. The lowest BCUT2D eigenvalue weighted by atomic mass is 9.88. The van der Waals surface area contributed by atoms with Gasteiger partial charge in [-0.05, 0) is 119 Å². The van der Waals surface area contributed by atoms with Crippen LogP contribution in [0.15, 0.2) is 47.7 Å². The number of allylic oxidation sites excluding steroid dienone is 3. The van der Waals surface area contributed by atoms with E-state index in [-0.39, 0.29) is 0 Å². The van der Waals surface area contributed by atoms with E-state index in [1.807, 2.05) is 46.7 Å². The molecular formula is C31H41N3O2. The molecule has 1 saturated heterocycles. The number of piperidine rings is 1. The first-order chi connectivity index (χ1) is 17.0. The summed E-state index contributed by atoms with van der Waals surface area (Å²) in [5.41, 5.74) is 8.17. The number of hydrogen-bond acceptors (Lipinski definition) is 4. The maximum atomic E-state index is 11.5. The highest BCUT2D eigenvalue weighted by Crippen LogP contribution is 2.36. The number of rotatable bonds is 7. The maximum Gasteiger partial charge on any atom is 0.146 e. The summed E-state index contributed by atoms with van der Waals surface area (Å²) in [7, 11) is 4.02. The molecule has 36 heavy (non-hydrogen) atoms. The molecule has 0 atom stereocenters. The SMILES string of the molecule is C/C(C=O)=C(C)/C(=C\N(C)C)c1cc2[nH]c3ccc(C4CCN(CC(C)(C)O)CC4)cc3c2cc1C. The molecule has 1 aliphatic rings. The average molecular weight is 488 g/mol. The van der Waals surface area contributed by atoms with Crippen molar-refractivity contribution in [1.29, 1.82) is 0 Å². The van der Waals surface area contributed by atoms with E-state index in [4.69, 9.17) is 0 Å². The van der Waals surface area contributed by atoms with Crippen LogP contribution in [0.25, 0.3) is 27.4 Å². The second-order valence-electron chi connectivity index (χ2n) is 11.4. The zero-order chi connectivity index (χ0) is 26.2. The first kappa shape index (κ1) is 26.2. The van der Waals surface area contributed by atoms with E-state index >= 15 is 0 Å². The third kappa shape index (κ3) is 5.58. The van der Waals surface area contributed by atoms with Gasteiger partial charge in [0.15, 0.2) is 0 Å². The summed E-state index contributed by atoms with van der Waals surface area (Å²) >= 11 is 0. The van der Waals surface area contributed by atoms with Crippen LogP contribution in [0.3, 0.4) is 0 Å². The fourth-order valence-electron chi connectivity index (χ4n) is 5.52. The van der Waals surface area contributed by atoms with Gasteiger partial charge in [0.1, 0.15) is 6.29 Å². The van der Waals surface area contributed by atoms with Crippen molar-refractivity contribution in [2.24, 2.45) is 0 Å². The Balaban J connectivity index is 1.69. The number of benzene rings is 2. The Hall–Kier alpha value is -2.89. The van der Waals surface area contributed by atoms with Crippen molar-refractivity contribution in [1.82, 2.24) is 14.8 Å². The summed E-state index contributed by atoms with van der Waals surface area (Å²) in [5, 5.41) is 12.7. The maximum absolute atomic E-state index is 11.5. The summed E-state index contributed by atoms with van der Waals surface area (Å²) < 4.78 is 0. The van der Waals surface area contributed by atoms with E-state index in [9.17, 15) is 9.90 Å². The molecule has 0 saturated carbocycles. The van der Waals surface area contributed by atoms with E-state index < -0.39 is 5.60 Å². The second-order valence-corrected chi connectivity index (χ2v) is 11.4. The van der Waals surface area contributed by atoms with Gasteiger partial charge in [-0.3, -0.25) is 4.79 Å². The number of aliphatic hydroxyl groups is 1. The highest BCUT2D eigenvalue weighted by Gasteiger charge is 2.25. The summed E-state index contributed by atoms with van der Waals surface area (Å²) in [6.45, 7) is 12.6. The van der Waals surface area contributed by atoms with Gasteiger partial charge in [0.2, 0.25) is 0 Å². The Labute approximate surface area is 215 Å². The van der Waals surface area contributed by atoms with Gasteiger partial charge in [0.05, 0.1) is 5.60 Å². The van der Waals surface area contributed by atoms with Crippen LogP contribution < -0.4 is 0 Å². The number of aromatic amines is 1. The molecule has 2 aromatic carbocycles. The molecule has 1 fully saturated rings. The molecule has 3 aromatic rings. The van der Waals surface area contributed by atoms with Crippen molar-refractivity contribution in [3.05, 3.63) is 64.4 Å². The van der Waals surface area contributed by atoms with Gasteiger partial charge in [-0.25, -0.2) is 0 Å². The Morgan fingerprint density at radius 3 is 2.39 bits per heavy atom. The Kier molecular flexibility index (Phi) is 7.44. The molecule has 5 heteroatoms. The molecule has 1 aromatic heterocycles. The van der Waals surface area contributed by atoms with E-state index in [0.717, 1.165) is 72.1 Å². The molecule has 5 nitrogen and oxygen atoms in total. The fraction of sp³-hybridized carbons (Fsp3) is 0.452. The van der Waals surface area contributed by atoms with Gasteiger partial charge in [-0.1, -0.05) is 6.07 Å². The van der Waals surface area contributed by atoms with Gasteiger partial charge < -0.3 is 19.9 Å². The molecule has 4 rings (SSSR count). The first-order valence-electron chi connectivity index (χ1n) is 13.0. The van der Waals surface area contributed by atoms with Crippen LogP contribution >= 0.6 is 0 Å². The molecular weight excluding hydrogens is 446 g/mol. The zero-order valence-electron chi connectivity index (χ0n) is 22.9. The number of carbonyl (C=O) groups is 1. The molecule has 0 amide bonds. The molecule has 0 spiro atoms. The van der Waals surface area contributed by atoms with Gasteiger partial charge in [0.25, 0.3) is 0 Å². The van der Waals surface area contributed by atoms with E-state index in [0.29, 0.717) is 5.92 Å². The molecule has 0 aliphatic carbocycles. The van der Waals surface area contributed by atoms with Gasteiger partial charge in [-0.2, -0.15) is 0 Å². The molecule has 1 aliphatic heterocycles. The quantitative estimate of drug-likeness (QED) is 0.243. The number of β-amino-alcohol motifs (C(OH)–C–C–N with tert-alkyl or cyclic N) is 1. The van der Waals surface area contributed by atoms with Crippen molar-refractivity contribution in [3.63, 3.8) is 0 Å². The molecule has 0 unspecified atom stereocenters. The van der Waals surface area contributed by atoms with Crippen LogP contribution in [-0.2, 0) is 4.79 Å². The third-order valence-corrected chi connectivity index (χ3v) is 7.49. The predicted molar refractivity (Wildman–Crippen MR) is 151 cm³/mol. The number of likely N-dealkylation sites (tertiary alicyclic amines) is 1. The summed E-state index contributed by atoms with van der Waals surface area (Å²) in [6, 6.07) is 11.4. The average Bonchev–Trinajstić information content (AvgIpc) is 3.17. The Bertz CT molecular complexity index is 1330. The van der Waals surface area contributed by atoms with E-state index in [2.05, 4.69) is 53.3 Å². The highest BCUT2D eigenvalue weighted by atomic mass is 16.3. The Morgan fingerprint density at radius 2 is 1.78 bits per heavy atom. The third-order valence-electron chi connectivity index (χ3n) is 7.49. The van der Waals surface area contributed by atoms with E-state index in [1.54, 1.807) is 0 Å². The van der Waals surface area contributed by atoms with Crippen molar-refractivity contribution in [2.45, 2.75) is 59.0 Å². The lowest BCUT2D eigenvalue weighted by Crippen LogP contribution is -2.42. The second kappa shape index (κ2) is 10.2. The van der Waals surface area contributed by atoms with E-state index in [1.165, 1.54) is 21.9 Å². The minimum atomic E-state index is -0.644. The molecule has 2 heterocycles. The number of carbonyl (C=O) groups excluding carboxylic acids is 1. The number of nitrogens with one attached hydrogen (secondary N) is 1. The van der Waals surface area contributed by atoms with Gasteiger partial charge in [-0.15, -0.1) is 0 Å². The smallest absolute Gasteiger partial charge is 0.146 e. The topological polar surface area (TPSA) is 59.6 Å². The standard InChI is InChI=1S/C31H41N3O2/c1-20-14-26-27-15-24(23-10-12-34(13-11-23)19-31(4,5)36)8-9-29(27)32-30(26)16-25(20)28(17-33(6)7)22(3)21(2)18-35/h8-9,14-18,23,32,36H,10-13,19H2,1-7H3/b22-21-,28-17+. The van der Waals surface area contributed by atoms with Crippen molar-refractivity contribution < 1.29 is 9.90 Å². The van der Waals surface area contributed by atoms with Crippen molar-refractivity contribution in [3.8, 4) is 0 Å². The van der Waals surface area contributed by atoms with Crippen LogP contribution in [0.4, 0.5) is 0 Å². The monoisotopic (exact) mass is 487 g/mol. The minimum Gasteiger partial charge on any atom is -0.389 e. The summed E-state index contributed by atoms with van der Waals surface area (Å²) in [5.74, 6) is 0.548. The normalized spacial score (nSPS) is 17.1. The number of nitrogens with zero attached hydrogens (tertiary/aromatic N) is 2. The van der Waals surface area contributed by atoms with Gasteiger partial charge in [0, 0.05) is 54.2 Å². The number of aryl methyl sites for hydroxylation is 1. The number of aldehydes is 1. The largest absolute Gasteiger partial charge is 0.389 e. The van der Waals surface area contributed by atoms with Crippen LogP contribution in [0, 0.1) is 6.92 Å². The van der Waals surface area contributed by atoms with Crippen LogP contribution in [0.2, 0.25) is 0 Å². The molecule has 2 N–H and O–H groups in total. The minimum absolute atomic E-state index is 0.548. The van der Waals surface area contributed by atoms with Crippen LogP contribution in [0.1, 0.15) is 63.1 Å². The number of fused-ring (bicyclic) bond motifs is 3. The van der Waals surface area contributed by atoms with Crippen molar-refractivity contribution >= 4 is 33.7 Å².